The third kappa shape index (κ3) is 7.75. The monoisotopic (exact) mass is 534 g/mol. The second-order valence-electron chi connectivity index (χ2n) is 9.62. The Hall–Kier alpha value is -3.51. The molecule has 0 saturated carbocycles. The van der Waals surface area contributed by atoms with Crippen LogP contribution in [0.3, 0.4) is 0 Å². The lowest BCUT2D eigenvalue weighted by molar-refractivity contribution is -0.136. The van der Waals surface area contributed by atoms with Crippen LogP contribution in [-0.2, 0) is 11.2 Å². The Bertz CT molecular complexity index is 1200. The molecule has 0 bridgehead atoms. The van der Waals surface area contributed by atoms with Crippen molar-refractivity contribution in [3.8, 4) is 11.5 Å². The van der Waals surface area contributed by atoms with Crippen LogP contribution in [0.4, 0.5) is 0 Å². The highest BCUT2D eigenvalue weighted by Gasteiger charge is 2.26. The quantitative estimate of drug-likeness (QED) is 0.410. The second kappa shape index (κ2) is 13.9. The molecule has 4 rings (SSSR count). The Kier molecular flexibility index (Phi) is 10.0. The molecule has 6 nitrogen and oxygen atoms in total. The molecule has 38 heavy (non-hydrogen) atoms. The number of carbonyl (C=O) groups excluding carboxylic acids is 2. The molecule has 0 aromatic heterocycles. The van der Waals surface area contributed by atoms with Crippen LogP contribution in [0.25, 0.3) is 0 Å². The summed E-state index contributed by atoms with van der Waals surface area (Å²) in [6.45, 7) is 1.45. The number of ether oxygens (including phenoxy) is 2. The minimum atomic E-state index is -0.239. The smallest absolute Gasteiger partial charge is 0.260 e. The topological polar surface area (TPSA) is 59.1 Å². The van der Waals surface area contributed by atoms with Crippen LogP contribution in [0.15, 0.2) is 78.9 Å². The fourth-order valence-corrected chi connectivity index (χ4v) is 4.87. The van der Waals surface area contributed by atoms with Gasteiger partial charge in [-0.15, -0.1) is 0 Å². The van der Waals surface area contributed by atoms with Crippen molar-refractivity contribution >= 4 is 23.4 Å². The first-order valence-electron chi connectivity index (χ1n) is 13.2. The maximum Gasteiger partial charge on any atom is 0.260 e. The van der Waals surface area contributed by atoms with E-state index in [1.807, 2.05) is 48.3 Å². The number of hydrogen-bond donors (Lipinski definition) is 0. The fourth-order valence-electron chi connectivity index (χ4n) is 4.69. The molecule has 3 aromatic carbocycles. The number of halogens is 1. The summed E-state index contributed by atoms with van der Waals surface area (Å²) in [5, 5.41) is 0.558. The fraction of sp³-hybridized carbons (Fsp3) is 0.355. The van der Waals surface area contributed by atoms with E-state index in [4.69, 9.17) is 21.1 Å². The van der Waals surface area contributed by atoms with Gasteiger partial charge in [0.25, 0.3) is 11.8 Å². The standard InChI is InChI=1S/C31H35ClN2O4/c1-33-18-9-2-3-10-19-34(30(35)23-37-27-15-11-14-25(32)21-27)26(20-24-12-5-4-6-13-24)22-38-29-17-8-7-16-28(29)31(33)36/h4-8,11-17,21,26H,2-3,9-10,18-20,22-23H2,1H3/t26-/m0/s1. The van der Waals surface area contributed by atoms with E-state index in [2.05, 4.69) is 12.1 Å². The molecule has 0 aliphatic carbocycles. The highest BCUT2D eigenvalue weighted by Crippen LogP contribution is 2.23. The summed E-state index contributed by atoms with van der Waals surface area (Å²) in [5.41, 5.74) is 1.65. The Morgan fingerprint density at radius 3 is 2.47 bits per heavy atom. The minimum Gasteiger partial charge on any atom is -0.491 e. The van der Waals surface area contributed by atoms with Gasteiger partial charge < -0.3 is 19.3 Å². The molecule has 0 N–H and O–H groups in total. The molecule has 7 heteroatoms. The summed E-state index contributed by atoms with van der Waals surface area (Å²) >= 11 is 6.09. The predicted octanol–water partition coefficient (Wildman–Crippen LogP) is 5.88. The lowest BCUT2D eigenvalue weighted by Gasteiger charge is -2.33. The van der Waals surface area contributed by atoms with E-state index in [9.17, 15) is 9.59 Å². The van der Waals surface area contributed by atoms with Gasteiger partial charge in [-0.1, -0.05) is 73.0 Å². The van der Waals surface area contributed by atoms with Crippen molar-refractivity contribution in [2.24, 2.45) is 0 Å². The average Bonchev–Trinajstić information content (AvgIpc) is 2.93. The zero-order valence-electron chi connectivity index (χ0n) is 21.9. The summed E-state index contributed by atoms with van der Waals surface area (Å²) in [6, 6.07) is 24.2. The normalized spacial score (nSPS) is 17.2. The number of fused-ring (bicyclic) bond motifs is 1. The largest absolute Gasteiger partial charge is 0.491 e. The van der Waals surface area contributed by atoms with Gasteiger partial charge in [-0.3, -0.25) is 9.59 Å². The Labute approximate surface area is 230 Å². The molecule has 0 spiro atoms. The van der Waals surface area contributed by atoms with Crippen LogP contribution in [0, 0.1) is 0 Å². The molecule has 0 fully saturated rings. The van der Waals surface area contributed by atoms with Gasteiger partial charge in [0.05, 0.1) is 11.6 Å². The molecule has 1 atom stereocenters. The maximum absolute atomic E-state index is 13.6. The molecule has 0 unspecified atom stereocenters. The number of rotatable bonds is 5. The molecule has 1 aliphatic heterocycles. The van der Waals surface area contributed by atoms with Gasteiger partial charge in [-0.05, 0) is 55.2 Å². The highest BCUT2D eigenvalue weighted by atomic mass is 35.5. The third-order valence-electron chi connectivity index (χ3n) is 6.77. The highest BCUT2D eigenvalue weighted by molar-refractivity contribution is 6.30. The molecule has 3 aromatic rings. The number of para-hydroxylation sites is 1. The molecule has 200 valence electrons. The van der Waals surface area contributed by atoms with Crippen molar-refractivity contribution in [3.63, 3.8) is 0 Å². The van der Waals surface area contributed by atoms with Crippen LogP contribution in [0.5, 0.6) is 11.5 Å². The average molecular weight is 535 g/mol. The van der Waals surface area contributed by atoms with Gasteiger partial charge in [-0.25, -0.2) is 0 Å². The number of hydrogen-bond acceptors (Lipinski definition) is 4. The molecular formula is C31H35ClN2O4. The zero-order chi connectivity index (χ0) is 26.7. The van der Waals surface area contributed by atoms with Gasteiger partial charge in [0, 0.05) is 25.2 Å². The summed E-state index contributed by atoms with van der Waals surface area (Å²) in [5.74, 6) is 0.924. The number of carbonyl (C=O) groups is 2. The van der Waals surface area contributed by atoms with E-state index in [-0.39, 0.29) is 31.1 Å². The van der Waals surface area contributed by atoms with E-state index >= 15 is 0 Å². The van der Waals surface area contributed by atoms with Crippen molar-refractivity contribution in [1.82, 2.24) is 9.80 Å². The first-order valence-corrected chi connectivity index (χ1v) is 13.6. The van der Waals surface area contributed by atoms with E-state index in [1.54, 1.807) is 35.2 Å². The van der Waals surface area contributed by atoms with E-state index in [0.29, 0.717) is 41.6 Å². The van der Waals surface area contributed by atoms with Crippen LogP contribution in [0.1, 0.15) is 41.6 Å². The second-order valence-corrected chi connectivity index (χ2v) is 10.1. The Morgan fingerprint density at radius 1 is 0.947 bits per heavy atom. The first-order chi connectivity index (χ1) is 18.5. The van der Waals surface area contributed by atoms with Crippen molar-refractivity contribution in [3.05, 3.63) is 95.0 Å². The zero-order valence-corrected chi connectivity index (χ0v) is 22.6. The van der Waals surface area contributed by atoms with E-state index < -0.39 is 0 Å². The van der Waals surface area contributed by atoms with Gasteiger partial charge in [-0.2, -0.15) is 0 Å². The van der Waals surface area contributed by atoms with Crippen LogP contribution in [-0.4, -0.2) is 61.0 Å². The summed E-state index contributed by atoms with van der Waals surface area (Å²) in [4.78, 5) is 30.4. The molecular weight excluding hydrogens is 500 g/mol. The van der Waals surface area contributed by atoms with Crippen LogP contribution >= 0.6 is 11.6 Å². The van der Waals surface area contributed by atoms with Crippen molar-refractivity contribution in [1.29, 1.82) is 0 Å². The molecule has 0 radical (unpaired) electrons. The molecule has 1 aliphatic rings. The Balaban J connectivity index is 1.60. The first kappa shape index (κ1) is 27.5. The SMILES string of the molecule is CN1CCCCCCN(C(=O)COc2cccc(Cl)c2)[C@@H](Cc2ccccc2)COc2ccccc2C1=O. The maximum atomic E-state index is 13.6. The summed E-state index contributed by atoms with van der Waals surface area (Å²) in [7, 11) is 1.84. The van der Waals surface area contributed by atoms with E-state index in [1.165, 1.54) is 0 Å². The van der Waals surface area contributed by atoms with Crippen molar-refractivity contribution in [2.75, 3.05) is 33.4 Å². The Morgan fingerprint density at radius 2 is 1.68 bits per heavy atom. The number of amides is 2. The lowest BCUT2D eigenvalue weighted by Crippen LogP contribution is -2.47. The molecule has 1 heterocycles. The number of benzene rings is 3. The number of nitrogens with zero attached hydrogens (tertiary/aromatic N) is 2. The summed E-state index contributed by atoms with van der Waals surface area (Å²) < 4.78 is 12.1. The van der Waals surface area contributed by atoms with Crippen molar-refractivity contribution in [2.45, 2.75) is 38.1 Å². The third-order valence-corrected chi connectivity index (χ3v) is 7.01. The predicted molar refractivity (Wildman–Crippen MR) is 150 cm³/mol. The molecule has 0 saturated heterocycles. The lowest BCUT2D eigenvalue weighted by atomic mass is 10.0. The summed E-state index contributed by atoms with van der Waals surface area (Å²) in [6.07, 6.45) is 4.35. The van der Waals surface area contributed by atoms with Crippen molar-refractivity contribution < 1.29 is 19.1 Å². The molecule has 2 amide bonds. The van der Waals surface area contributed by atoms with Gasteiger partial charge in [0.2, 0.25) is 0 Å². The van der Waals surface area contributed by atoms with Gasteiger partial charge in [0.15, 0.2) is 6.61 Å². The van der Waals surface area contributed by atoms with Crippen LogP contribution in [0.2, 0.25) is 5.02 Å². The minimum absolute atomic E-state index is 0.0554. The van der Waals surface area contributed by atoms with E-state index in [0.717, 1.165) is 31.2 Å². The van der Waals surface area contributed by atoms with Crippen LogP contribution < -0.4 is 9.47 Å². The van der Waals surface area contributed by atoms with Gasteiger partial charge >= 0.3 is 0 Å². The van der Waals surface area contributed by atoms with Gasteiger partial charge in [0.1, 0.15) is 18.1 Å².